The zero-order valence-corrected chi connectivity index (χ0v) is 17.5. The lowest BCUT2D eigenvalue weighted by atomic mass is 10.2. The van der Waals surface area contributed by atoms with Gasteiger partial charge in [-0.25, -0.2) is 18.4 Å². The van der Waals surface area contributed by atoms with Gasteiger partial charge in [0.05, 0.1) is 16.0 Å². The third-order valence-electron chi connectivity index (χ3n) is 4.48. The van der Waals surface area contributed by atoms with Crippen LogP contribution in [0.4, 0.5) is 5.82 Å². The number of nitrogens with zero attached hydrogens (tertiary/aromatic N) is 3. The third kappa shape index (κ3) is 4.28. The number of anilines is 1. The van der Waals surface area contributed by atoms with Crippen LogP contribution in [0.1, 0.15) is 11.8 Å². The Kier molecular flexibility index (Phi) is 5.55. The highest BCUT2D eigenvalue weighted by Gasteiger charge is 2.16. The second-order valence-electron chi connectivity index (χ2n) is 6.48. The maximum absolute atomic E-state index is 12.5. The summed E-state index contributed by atoms with van der Waals surface area (Å²) in [6.45, 7) is 2.35. The van der Waals surface area contributed by atoms with E-state index >= 15 is 0 Å². The lowest BCUT2D eigenvalue weighted by Crippen LogP contribution is -2.16. The predicted octanol–water partition coefficient (Wildman–Crippen LogP) is 4.20. The Balaban J connectivity index is 1.63. The first kappa shape index (κ1) is 19.5. The summed E-state index contributed by atoms with van der Waals surface area (Å²) in [5, 5.41) is 4.13. The van der Waals surface area contributed by atoms with Crippen LogP contribution in [-0.4, -0.2) is 35.7 Å². The van der Waals surface area contributed by atoms with Crippen LogP contribution < -0.4 is 5.32 Å². The Labute approximate surface area is 173 Å². The molecule has 0 saturated heterocycles. The van der Waals surface area contributed by atoms with Gasteiger partial charge in [-0.05, 0) is 36.8 Å². The van der Waals surface area contributed by atoms with Gasteiger partial charge in [0, 0.05) is 29.4 Å². The molecule has 0 aliphatic heterocycles. The standard InChI is InChI=1S/C21H20N4O2S2/c1-2-16-13-18-20(23-11-12-29(26,27)17-8-4-3-5-9-17)24-19(25-21(18)28-16)15-7-6-10-22-14-15/h3-10,13-14H,2,11-12H2,1H3,(H,23,24,25). The Morgan fingerprint density at radius 2 is 1.90 bits per heavy atom. The van der Waals surface area contributed by atoms with Gasteiger partial charge in [-0.2, -0.15) is 0 Å². The van der Waals surface area contributed by atoms with Crippen molar-refractivity contribution in [1.29, 1.82) is 0 Å². The number of hydrogen-bond donors (Lipinski definition) is 1. The van der Waals surface area contributed by atoms with Crippen LogP contribution in [0, 0.1) is 0 Å². The number of rotatable bonds is 7. The molecule has 3 aromatic heterocycles. The summed E-state index contributed by atoms with van der Waals surface area (Å²) in [7, 11) is -3.36. The quantitative estimate of drug-likeness (QED) is 0.479. The minimum atomic E-state index is -3.36. The number of aromatic nitrogens is 3. The van der Waals surface area contributed by atoms with Gasteiger partial charge in [0.15, 0.2) is 15.7 Å². The molecule has 0 amide bonds. The van der Waals surface area contributed by atoms with Crippen molar-refractivity contribution in [2.75, 3.05) is 17.6 Å². The van der Waals surface area contributed by atoms with Gasteiger partial charge in [-0.3, -0.25) is 4.98 Å². The minimum absolute atomic E-state index is 0.0183. The molecule has 8 heteroatoms. The molecule has 0 bridgehead atoms. The van der Waals surface area contributed by atoms with E-state index in [1.54, 1.807) is 54.1 Å². The molecule has 4 rings (SSSR count). The number of pyridine rings is 1. The van der Waals surface area contributed by atoms with Gasteiger partial charge in [-0.15, -0.1) is 11.3 Å². The molecule has 0 saturated carbocycles. The van der Waals surface area contributed by atoms with E-state index in [1.807, 2.05) is 12.1 Å². The number of thiophene rings is 1. The zero-order valence-electron chi connectivity index (χ0n) is 15.9. The maximum Gasteiger partial charge on any atom is 0.180 e. The fourth-order valence-corrected chi connectivity index (χ4v) is 5.10. The molecule has 6 nitrogen and oxygen atoms in total. The highest BCUT2D eigenvalue weighted by atomic mass is 32.2. The molecule has 3 heterocycles. The van der Waals surface area contributed by atoms with Gasteiger partial charge in [0.1, 0.15) is 10.6 Å². The summed E-state index contributed by atoms with van der Waals surface area (Å²) in [6, 6.07) is 14.3. The first-order chi connectivity index (χ1) is 14.1. The first-order valence-corrected chi connectivity index (χ1v) is 11.8. The molecule has 0 radical (unpaired) electrons. The summed E-state index contributed by atoms with van der Waals surface area (Å²) < 4.78 is 25.1. The van der Waals surface area contributed by atoms with Crippen molar-refractivity contribution in [2.45, 2.75) is 18.2 Å². The average Bonchev–Trinajstić information content (AvgIpc) is 3.18. The van der Waals surface area contributed by atoms with Crippen molar-refractivity contribution >= 4 is 37.2 Å². The normalized spacial score (nSPS) is 11.6. The molecule has 1 aromatic carbocycles. The Morgan fingerprint density at radius 3 is 2.62 bits per heavy atom. The van der Waals surface area contributed by atoms with Crippen molar-refractivity contribution in [3.05, 3.63) is 65.8 Å². The second-order valence-corrected chi connectivity index (χ2v) is 9.71. The van der Waals surface area contributed by atoms with Gasteiger partial charge in [-0.1, -0.05) is 25.1 Å². The largest absolute Gasteiger partial charge is 0.368 e. The van der Waals surface area contributed by atoms with E-state index in [0.29, 0.717) is 16.5 Å². The molecule has 0 fully saturated rings. The predicted molar refractivity (Wildman–Crippen MR) is 117 cm³/mol. The fourth-order valence-electron chi connectivity index (χ4n) is 2.95. The Bertz CT molecular complexity index is 1220. The molecule has 0 aliphatic rings. The molecule has 148 valence electrons. The number of fused-ring (bicyclic) bond motifs is 1. The second kappa shape index (κ2) is 8.26. The van der Waals surface area contributed by atoms with E-state index in [1.165, 1.54) is 4.88 Å². The molecule has 0 aliphatic carbocycles. The zero-order chi connectivity index (χ0) is 20.3. The molecule has 0 unspecified atom stereocenters. The Hall–Kier alpha value is -2.84. The van der Waals surface area contributed by atoms with Crippen molar-refractivity contribution in [1.82, 2.24) is 15.0 Å². The molecule has 4 aromatic rings. The average molecular weight is 425 g/mol. The highest BCUT2D eigenvalue weighted by molar-refractivity contribution is 7.91. The van der Waals surface area contributed by atoms with Crippen LogP contribution in [0.3, 0.4) is 0 Å². The first-order valence-electron chi connectivity index (χ1n) is 9.29. The van der Waals surface area contributed by atoms with Crippen molar-refractivity contribution in [3.63, 3.8) is 0 Å². The fraction of sp³-hybridized carbons (Fsp3) is 0.190. The number of hydrogen-bond acceptors (Lipinski definition) is 7. The summed E-state index contributed by atoms with van der Waals surface area (Å²) in [4.78, 5) is 15.9. The molecular weight excluding hydrogens is 404 g/mol. The summed E-state index contributed by atoms with van der Waals surface area (Å²) in [5.41, 5.74) is 0.820. The van der Waals surface area contributed by atoms with E-state index in [-0.39, 0.29) is 12.3 Å². The van der Waals surface area contributed by atoms with E-state index in [4.69, 9.17) is 0 Å². The number of benzene rings is 1. The van der Waals surface area contributed by atoms with Crippen LogP contribution >= 0.6 is 11.3 Å². The third-order valence-corrected chi connectivity index (χ3v) is 7.38. The number of sulfone groups is 1. The molecule has 0 spiro atoms. The van der Waals surface area contributed by atoms with Crippen LogP contribution in [0.5, 0.6) is 0 Å². The summed E-state index contributed by atoms with van der Waals surface area (Å²) in [6.07, 6.45) is 4.33. The van der Waals surface area contributed by atoms with Crippen LogP contribution in [-0.2, 0) is 16.3 Å². The number of aryl methyl sites for hydroxylation is 1. The number of nitrogens with one attached hydrogen (secondary N) is 1. The van der Waals surface area contributed by atoms with Gasteiger partial charge < -0.3 is 5.32 Å². The van der Waals surface area contributed by atoms with E-state index in [0.717, 1.165) is 22.2 Å². The monoisotopic (exact) mass is 424 g/mol. The van der Waals surface area contributed by atoms with Crippen molar-refractivity contribution in [2.24, 2.45) is 0 Å². The highest BCUT2D eigenvalue weighted by Crippen LogP contribution is 2.31. The van der Waals surface area contributed by atoms with Crippen molar-refractivity contribution in [3.8, 4) is 11.4 Å². The molecule has 29 heavy (non-hydrogen) atoms. The molecule has 0 atom stereocenters. The summed E-state index contributed by atoms with van der Waals surface area (Å²) >= 11 is 1.63. The maximum atomic E-state index is 12.5. The smallest absolute Gasteiger partial charge is 0.180 e. The van der Waals surface area contributed by atoms with Crippen LogP contribution in [0.15, 0.2) is 65.8 Å². The van der Waals surface area contributed by atoms with Crippen molar-refractivity contribution < 1.29 is 8.42 Å². The van der Waals surface area contributed by atoms with Gasteiger partial charge in [0.2, 0.25) is 0 Å². The summed E-state index contributed by atoms with van der Waals surface area (Å²) in [5.74, 6) is 1.20. The Morgan fingerprint density at radius 1 is 1.07 bits per heavy atom. The van der Waals surface area contributed by atoms with E-state index in [2.05, 4.69) is 33.3 Å². The lowest BCUT2D eigenvalue weighted by molar-refractivity contribution is 0.596. The van der Waals surface area contributed by atoms with Gasteiger partial charge >= 0.3 is 0 Å². The SMILES string of the molecule is CCc1cc2c(NCCS(=O)(=O)c3ccccc3)nc(-c3cccnc3)nc2s1. The van der Waals surface area contributed by atoms with E-state index < -0.39 is 9.84 Å². The van der Waals surface area contributed by atoms with Crippen LogP contribution in [0.25, 0.3) is 21.6 Å². The molecular formula is C21H20N4O2S2. The minimum Gasteiger partial charge on any atom is -0.368 e. The topological polar surface area (TPSA) is 84.8 Å². The van der Waals surface area contributed by atoms with Crippen LogP contribution in [0.2, 0.25) is 0 Å². The lowest BCUT2D eigenvalue weighted by Gasteiger charge is -2.09. The van der Waals surface area contributed by atoms with Gasteiger partial charge in [0.25, 0.3) is 0 Å². The van der Waals surface area contributed by atoms with E-state index in [9.17, 15) is 8.42 Å². The molecule has 1 N–H and O–H groups in total.